The summed E-state index contributed by atoms with van der Waals surface area (Å²) in [5, 5.41) is 3.05. The van der Waals surface area contributed by atoms with E-state index in [1.54, 1.807) is 12.1 Å². The summed E-state index contributed by atoms with van der Waals surface area (Å²) >= 11 is 0. The Morgan fingerprint density at radius 2 is 1.48 bits per heavy atom. The van der Waals surface area contributed by atoms with E-state index in [-0.39, 0.29) is 18.5 Å². The number of rotatable bonds is 7. The third-order valence-electron chi connectivity index (χ3n) is 5.47. The highest BCUT2D eigenvalue weighted by Crippen LogP contribution is 2.27. The van der Waals surface area contributed by atoms with Gasteiger partial charge in [-0.3, -0.25) is 9.10 Å². The largest absolute Gasteiger partial charge is 0.344 e. The van der Waals surface area contributed by atoms with Gasteiger partial charge in [-0.2, -0.15) is 0 Å². The molecule has 0 aliphatic rings. The molecule has 3 aromatic carbocycles. The van der Waals surface area contributed by atoms with E-state index >= 15 is 0 Å². The zero-order chi connectivity index (χ0) is 22.6. The smallest absolute Gasteiger partial charge is 0.241 e. The van der Waals surface area contributed by atoms with Gasteiger partial charge < -0.3 is 5.32 Å². The van der Waals surface area contributed by atoms with Crippen molar-refractivity contribution in [1.82, 2.24) is 5.32 Å². The van der Waals surface area contributed by atoms with Crippen LogP contribution in [0.15, 0.2) is 72.8 Å². The van der Waals surface area contributed by atoms with E-state index in [1.165, 1.54) is 4.31 Å². The number of amides is 1. The monoisotopic (exact) mass is 436 g/mol. The van der Waals surface area contributed by atoms with Gasteiger partial charge in [0.25, 0.3) is 0 Å². The molecule has 0 fully saturated rings. The number of carbonyl (C=O) groups is 1. The Labute approximate surface area is 184 Å². The molecular weight excluding hydrogens is 408 g/mol. The van der Waals surface area contributed by atoms with Crippen LogP contribution < -0.4 is 9.62 Å². The molecule has 5 nitrogen and oxygen atoms in total. The summed E-state index contributed by atoms with van der Waals surface area (Å²) < 4.78 is 26.3. The molecule has 0 aliphatic carbocycles. The van der Waals surface area contributed by atoms with Gasteiger partial charge >= 0.3 is 0 Å². The van der Waals surface area contributed by atoms with Gasteiger partial charge in [-0.1, -0.05) is 66.7 Å². The van der Waals surface area contributed by atoms with Crippen LogP contribution in [0.1, 0.15) is 33.9 Å². The predicted octanol–water partition coefficient (Wildman–Crippen LogP) is 4.28. The van der Waals surface area contributed by atoms with E-state index in [1.807, 2.05) is 81.4 Å². The van der Waals surface area contributed by atoms with Crippen LogP contribution in [0.4, 0.5) is 5.69 Å². The van der Waals surface area contributed by atoms with Gasteiger partial charge in [0.1, 0.15) is 6.54 Å². The van der Waals surface area contributed by atoms with Crippen LogP contribution in [0.3, 0.4) is 0 Å². The lowest BCUT2D eigenvalue weighted by Gasteiger charge is -2.27. The van der Waals surface area contributed by atoms with Crippen molar-refractivity contribution < 1.29 is 13.2 Å². The van der Waals surface area contributed by atoms with Crippen LogP contribution in [-0.2, 0) is 14.8 Å². The molecule has 31 heavy (non-hydrogen) atoms. The molecule has 3 aromatic rings. The zero-order valence-corrected chi connectivity index (χ0v) is 19.1. The fourth-order valence-electron chi connectivity index (χ4n) is 3.62. The topological polar surface area (TPSA) is 66.5 Å². The normalized spacial score (nSPS) is 12.3. The van der Waals surface area contributed by atoms with Crippen molar-refractivity contribution in [2.24, 2.45) is 0 Å². The maximum Gasteiger partial charge on any atom is 0.241 e. The Bertz CT molecular complexity index is 1170. The molecule has 0 radical (unpaired) electrons. The van der Waals surface area contributed by atoms with E-state index in [0.717, 1.165) is 34.1 Å². The molecule has 0 heterocycles. The second-order valence-corrected chi connectivity index (χ2v) is 9.66. The van der Waals surface area contributed by atoms with Crippen LogP contribution in [-0.4, -0.2) is 27.1 Å². The lowest BCUT2D eigenvalue weighted by atomic mass is 9.95. The maximum atomic E-state index is 13.1. The molecule has 0 aliphatic heterocycles. The lowest BCUT2D eigenvalue weighted by Crippen LogP contribution is -2.42. The van der Waals surface area contributed by atoms with Crippen molar-refractivity contribution >= 4 is 21.6 Å². The Kier molecular flexibility index (Phi) is 6.81. The molecule has 162 valence electrons. The standard InChI is InChI=1S/C25H28N2O3S/c1-18-12-10-16-23(20(18)3)27(31(4,29)30)17-24(28)26-25(21-13-6-5-7-14-21)22-15-9-8-11-19(22)2/h5-16,25H,17H2,1-4H3,(H,26,28)/t25-/m0/s1. The van der Waals surface area contributed by atoms with Gasteiger partial charge in [0.15, 0.2) is 0 Å². The van der Waals surface area contributed by atoms with E-state index in [0.29, 0.717) is 5.69 Å². The fourth-order valence-corrected chi connectivity index (χ4v) is 4.53. The van der Waals surface area contributed by atoms with Crippen LogP contribution in [0.5, 0.6) is 0 Å². The highest BCUT2D eigenvalue weighted by molar-refractivity contribution is 7.92. The minimum atomic E-state index is -3.65. The number of nitrogens with one attached hydrogen (secondary N) is 1. The molecule has 0 unspecified atom stereocenters. The van der Waals surface area contributed by atoms with Gasteiger partial charge in [-0.15, -0.1) is 0 Å². The fraction of sp³-hybridized carbons (Fsp3) is 0.240. The highest BCUT2D eigenvalue weighted by atomic mass is 32.2. The van der Waals surface area contributed by atoms with E-state index in [4.69, 9.17) is 0 Å². The van der Waals surface area contributed by atoms with Crippen molar-refractivity contribution in [2.45, 2.75) is 26.8 Å². The molecule has 1 amide bonds. The van der Waals surface area contributed by atoms with E-state index < -0.39 is 10.0 Å². The average molecular weight is 437 g/mol. The lowest BCUT2D eigenvalue weighted by molar-refractivity contribution is -0.120. The first-order valence-corrected chi connectivity index (χ1v) is 12.0. The van der Waals surface area contributed by atoms with Gasteiger partial charge in [0.2, 0.25) is 15.9 Å². The second kappa shape index (κ2) is 9.35. The molecule has 0 aromatic heterocycles. The Morgan fingerprint density at radius 1 is 0.871 bits per heavy atom. The number of carbonyl (C=O) groups excluding carboxylic acids is 1. The Balaban J connectivity index is 1.94. The van der Waals surface area contributed by atoms with Gasteiger partial charge in [-0.05, 0) is 54.7 Å². The summed E-state index contributed by atoms with van der Waals surface area (Å²) in [5.74, 6) is -0.372. The average Bonchev–Trinajstić information content (AvgIpc) is 2.73. The molecule has 0 saturated carbocycles. The molecule has 1 atom stereocenters. The zero-order valence-electron chi connectivity index (χ0n) is 18.3. The minimum absolute atomic E-state index is 0.293. The third kappa shape index (κ3) is 5.33. The quantitative estimate of drug-likeness (QED) is 0.601. The number of hydrogen-bond acceptors (Lipinski definition) is 3. The molecule has 0 spiro atoms. The molecule has 3 rings (SSSR count). The minimum Gasteiger partial charge on any atom is -0.344 e. The molecule has 1 N–H and O–H groups in total. The summed E-state index contributed by atoms with van der Waals surface area (Å²) in [7, 11) is -3.65. The van der Waals surface area contributed by atoms with Crippen LogP contribution in [0.2, 0.25) is 0 Å². The van der Waals surface area contributed by atoms with E-state index in [2.05, 4.69) is 5.32 Å². The number of benzene rings is 3. The summed E-state index contributed by atoms with van der Waals surface area (Å²) in [6, 6.07) is 22.6. The summed E-state index contributed by atoms with van der Waals surface area (Å²) in [6.45, 7) is 5.48. The third-order valence-corrected chi connectivity index (χ3v) is 6.60. The first-order valence-electron chi connectivity index (χ1n) is 10.1. The predicted molar refractivity (Wildman–Crippen MR) is 126 cm³/mol. The van der Waals surface area contributed by atoms with Crippen LogP contribution in [0, 0.1) is 20.8 Å². The summed E-state index contributed by atoms with van der Waals surface area (Å²) in [6.07, 6.45) is 1.12. The van der Waals surface area contributed by atoms with Crippen LogP contribution in [0.25, 0.3) is 0 Å². The van der Waals surface area contributed by atoms with Gasteiger partial charge in [0, 0.05) is 0 Å². The second-order valence-electron chi connectivity index (χ2n) is 7.76. The SMILES string of the molecule is Cc1ccccc1[C@@H](NC(=O)CN(c1cccc(C)c1C)S(C)(=O)=O)c1ccccc1. The van der Waals surface area contributed by atoms with Crippen molar-refractivity contribution in [3.8, 4) is 0 Å². The van der Waals surface area contributed by atoms with Crippen molar-refractivity contribution in [3.63, 3.8) is 0 Å². The first kappa shape index (κ1) is 22.6. The van der Waals surface area contributed by atoms with Crippen molar-refractivity contribution in [2.75, 3.05) is 17.1 Å². The Morgan fingerprint density at radius 3 is 2.13 bits per heavy atom. The van der Waals surface area contributed by atoms with Gasteiger partial charge in [0.05, 0.1) is 18.0 Å². The highest BCUT2D eigenvalue weighted by Gasteiger charge is 2.25. The number of nitrogens with zero attached hydrogens (tertiary/aromatic N) is 1. The molecule has 0 bridgehead atoms. The maximum absolute atomic E-state index is 13.1. The number of hydrogen-bond donors (Lipinski definition) is 1. The molecule has 0 saturated heterocycles. The number of aryl methyl sites for hydroxylation is 2. The van der Waals surface area contributed by atoms with Crippen molar-refractivity contribution in [1.29, 1.82) is 0 Å². The number of sulfonamides is 1. The molecule has 6 heteroatoms. The van der Waals surface area contributed by atoms with E-state index in [9.17, 15) is 13.2 Å². The number of anilines is 1. The van der Waals surface area contributed by atoms with Gasteiger partial charge in [-0.25, -0.2) is 8.42 Å². The molecular formula is C25H28N2O3S. The summed E-state index contributed by atoms with van der Waals surface area (Å²) in [4.78, 5) is 13.1. The van der Waals surface area contributed by atoms with Crippen molar-refractivity contribution in [3.05, 3.63) is 101 Å². The van der Waals surface area contributed by atoms with Crippen LogP contribution >= 0.6 is 0 Å². The summed E-state index contributed by atoms with van der Waals surface area (Å²) in [5.41, 5.74) is 5.27. The first-order chi connectivity index (χ1) is 14.7. The Hall–Kier alpha value is -3.12.